The maximum absolute atomic E-state index is 12.1. The number of ether oxygens (including phenoxy) is 1. The number of aromatic nitrogens is 1. The van der Waals surface area contributed by atoms with Gasteiger partial charge in [-0.25, -0.2) is 0 Å². The van der Waals surface area contributed by atoms with E-state index in [2.05, 4.69) is 15.2 Å². The van der Waals surface area contributed by atoms with Crippen LogP contribution in [0.3, 0.4) is 0 Å². The van der Waals surface area contributed by atoms with Crippen LogP contribution in [0.2, 0.25) is 0 Å². The predicted octanol–water partition coefficient (Wildman–Crippen LogP) is 1.68. The average Bonchev–Trinajstić information content (AvgIpc) is 2.60. The summed E-state index contributed by atoms with van der Waals surface area (Å²) in [4.78, 5) is 18.6. The van der Waals surface area contributed by atoms with Gasteiger partial charge in [-0.05, 0) is 29.8 Å². The molecular weight excluding hydrogens is 304 g/mol. The molecule has 3 rings (SSSR count). The third-order valence-corrected chi connectivity index (χ3v) is 3.94. The molecule has 1 aromatic carbocycles. The van der Waals surface area contributed by atoms with E-state index in [9.17, 15) is 4.79 Å². The number of amides is 1. The van der Waals surface area contributed by atoms with Gasteiger partial charge >= 0.3 is 0 Å². The molecule has 1 aliphatic rings. The number of nitrogens with zero attached hydrogens (tertiary/aromatic N) is 2. The second-order valence-electron chi connectivity index (χ2n) is 5.89. The number of carbonyl (C=O) groups is 1. The van der Waals surface area contributed by atoms with Gasteiger partial charge in [0.2, 0.25) is 5.91 Å². The number of rotatable bonds is 5. The van der Waals surface area contributed by atoms with Crippen molar-refractivity contribution in [3.05, 3.63) is 53.9 Å². The van der Waals surface area contributed by atoms with Gasteiger partial charge < -0.3 is 15.8 Å². The first kappa shape index (κ1) is 16.4. The van der Waals surface area contributed by atoms with Crippen molar-refractivity contribution in [2.75, 3.05) is 37.4 Å². The number of pyridine rings is 1. The van der Waals surface area contributed by atoms with Crippen molar-refractivity contribution < 1.29 is 9.53 Å². The van der Waals surface area contributed by atoms with Crippen molar-refractivity contribution in [1.82, 2.24) is 9.88 Å². The van der Waals surface area contributed by atoms with Gasteiger partial charge in [0.1, 0.15) is 0 Å². The second-order valence-corrected chi connectivity index (χ2v) is 5.89. The van der Waals surface area contributed by atoms with Crippen molar-refractivity contribution in [3.8, 4) is 0 Å². The van der Waals surface area contributed by atoms with E-state index in [1.807, 2.05) is 24.3 Å². The van der Waals surface area contributed by atoms with Gasteiger partial charge in [-0.15, -0.1) is 0 Å². The molecule has 0 spiro atoms. The Labute approximate surface area is 141 Å². The topological polar surface area (TPSA) is 80.5 Å². The van der Waals surface area contributed by atoms with Gasteiger partial charge in [0, 0.05) is 31.0 Å². The van der Waals surface area contributed by atoms with Crippen LogP contribution >= 0.6 is 0 Å². The summed E-state index contributed by atoms with van der Waals surface area (Å²) in [5.41, 5.74) is 8.91. The molecule has 1 saturated heterocycles. The molecule has 0 saturated carbocycles. The molecule has 0 atom stereocenters. The average molecular weight is 326 g/mol. The highest BCUT2D eigenvalue weighted by Gasteiger charge is 2.11. The maximum Gasteiger partial charge on any atom is 0.230 e. The van der Waals surface area contributed by atoms with Gasteiger partial charge in [0.15, 0.2) is 0 Å². The fraction of sp³-hybridized carbons (Fsp3) is 0.333. The van der Waals surface area contributed by atoms with Gasteiger partial charge in [-0.2, -0.15) is 0 Å². The molecule has 3 N–H and O–H groups in total. The Morgan fingerprint density at radius 1 is 1.17 bits per heavy atom. The highest BCUT2D eigenvalue weighted by atomic mass is 16.5. The number of anilines is 2. The van der Waals surface area contributed by atoms with E-state index in [-0.39, 0.29) is 12.3 Å². The number of nitrogen functional groups attached to an aromatic ring is 1. The van der Waals surface area contributed by atoms with Crippen molar-refractivity contribution in [3.63, 3.8) is 0 Å². The largest absolute Gasteiger partial charge is 0.397 e. The Morgan fingerprint density at radius 2 is 1.92 bits per heavy atom. The second kappa shape index (κ2) is 7.90. The SMILES string of the molecule is Nc1ccc(CC(=O)Nc2ccc(CN3CCOCC3)cc2)nc1. The molecule has 0 aliphatic carbocycles. The summed E-state index contributed by atoms with van der Waals surface area (Å²) in [6.45, 7) is 4.44. The zero-order chi connectivity index (χ0) is 16.8. The Kier molecular flexibility index (Phi) is 5.40. The number of nitrogens with one attached hydrogen (secondary N) is 1. The van der Waals surface area contributed by atoms with Gasteiger partial charge in [-0.3, -0.25) is 14.7 Å². The summed E-state index contributed by atoms with van der Waals surface area (Å²) in [6.07, 6.45) is 1.79. The Morgan fingerprint density at radius 3 is 2.58 bits per heavy atom. The Hall–Kier alpha value is -2.44. The lowest BCUT2D eigenvalue weighted by Gasteiger charge is -2.26. The molecule has 24 heavy (non-hydrogen) atoms. The monoisotopic (exact) mass is 326 g/mol. The zero-order valence-corrected chi connectivity index (χ0v) is 13.6. The molecular formula is C18H22N4O2. The van der Waals surface area contributed by atoms with Crippen LogP contribution in [-0.4, -0.2) is 42.1 Å². The fourth-order valence-electron chi connectivity index (χ4n) is 2.62. The van der Waals surface area contributed by atoms with Crippen molar-refractivity contribution >= 4 is 17.3 Å². The Balaban J connectivity index is 1.51. The minimum absolute atomic E-state index is 0.0896. The van der Waals surface area contributed by atoms with Crippen LogP contribution in [0.5, 0.6) is 0 Å². The third kappa shape index (κ3) is 4.78. The third-order valence-electron chi connectivity index (χ3n) is 3.94. The maximum atomic E-state index is 12.1. The molecule has 0 unspecified atom stereocenters. The number of morpholine rings is 1. The van der Waals surface area contributed by atoms with Crippen LogP contribution in [0.25, 0.3) is 0 Å². The lowest BCUT2D eigenvalue weighted by molar-refractivity contribution is -0.115. The Bertz CT molecular complexity index is 664. The normalized spacial score (nSPS) is 15.2. The molecule has 2 aromatic rings. The smallest absolute Gasteiger partial charge is 0.230 e. The molecule has 1 aromatic heterocycles. The number of carbonyl (C=O) groups excluding carboxylic acids is 1. The van der Waals surface area contributed by atoms with E-state index in [1.165, 1.54) is 5.56 Å². The van der Waals surface area contributed by atoms with E-state index >= 15 is 0 Å². The van der Waals surface area contributed by atoms with Crippen molar-refractivity contribution in [1.29, 1.82) is 0 Å². The van der Waals surface area contributed by atoms with Gasteiger partial charge in [-0.1, -0.05) is 12.1 Å². The van der Waals surface area contributed by atoms with E-state index in [1.54, 1.807) is 18.3 Å². The van der Waals surface area contributed by atoms with Gasteiger partial charge in [0.25, 0.3) is 0 Å². The predicted molar refractivity (Wildman–Crippen MR) is 93.5 cm³/mol. The molecule has 126 valence electrons. The van der Waals surface area contributed by atoms with Gasteiger partial charge in [0.05, 0.1) is 31.5 Å². The number of benzene rings is 1. The van der Waals surface area contributed by atoms with Crippen molar-refractivity contribution in [2.24, 2.45) is 0 Å². The van der Waals surface area contributed by atoms with E-state index in [0.29, 0.717) is 11.4 Å². The quantitative estimate of drug-likeness (QED) is 0.874. The summed E-state index contributed by atoms with van der Waals surface area (Å²) in [7, 11) is 0. The molecule has 0 radical (unpaired) electrons. The van der Waals surface area contributed by atoms with Crippen LogP contribution in [0.4, 0.5) is 11.4 Å². The molecule has 1 fully saturated rings. The van der Waals surface area contributed by atoms with E-state index in [0.717, 1.165) is 38.5 Å². The first-order valence-electron chi connectivity index (χ1n) is 8.08. The van der Waals surface area contributed by atoms with Crippen molar-refractivity contribution in [2.45, 2.75) is 13.0 Å². The summed E-state index contributed by atoms with van der Waals surface area (Å²) >= 11 is 0. The highest BCUT2D eigenvalue weighted by Crippen LogP contribution is 2.13. The molecule has 1 aliphatic heterocycles. The first-order valence-corrected chi connectivity index (χ1v) is 8.08. The molecule has 6 heteroatoms. The summed E-state index contributed by atoms with van der Waals surface area (Å²) in [5, 5.41) is 2.89. The molecule has 2 heterocycles. The number of hydrogen-bond donors (Lipinski definition) is 2. The molecule has 6 nitrogen and oxygen atoms in total. The fourth-order valence-corrected chi connectivity index (χ4v) is 2.62. The molecule has 1 amide bonds. The lowest BCUT2D eigenvalue weighted by Crippen LogP contribution is -2.35. The zero-order valence-electron chi connectivity index (χ0n) is 13.6. The number of hydrogen-bond acceptors (Lipinski definition) is 5. The summed E-state index contributed by atoms with van der Waals surface area (Å²) < 4.78 is 5.35. The summed E-state index contributed by atoms with van der Waals surface area (Å²) in [6, 6.07) is 11.5. The van der Waals surface area contributed by atoms with Crippen LogP contribution in [-0.2, 0) is 22.5 Å². The minimum Gasteiger partial charge on any atom is -0.397 e. The highest BCUT2D eigenvalue weighted by molar-refractivity contribution is 5.92. The minimum atomic E-state index is -0.0896. The van der Waals surface area contributed by atoms with Crippen LogP contribution in [0, 0.1) is 0 Å². The van der Waals surface area contributed by atoms with E-state index in [4.69, 9.17) is 10.5 Å². The van der Waals surface area contributed by atoms with E-state index < -0.39 is 0 Å². The first-order chi connectivity index (χ1) is 11.7. The van der Waals surface area contributed by atoms with Crippen LogP contribution in [0.15, 0.2) is 42.6 Å². The lowest BCUT2D eigenvalue weighted by atomic mass is 10.2. The number of nitrogens with two attached hydrogens (primary N) is 1. The molecule has 0 bridgehead atoms. The standard InChI is InChI=1S/C18H22N4O2/c19-15-3-6-17(20-12-15)11-18(23)21-16-4-1-14(2-5-16)13-22-7-9-24-10-8-22/h1-6,12H,7-11,13,19H2,(H,21,23). The van der Waals surface area contributed by atoms with Crippen LogP contribution < -0.4 is 11.1 Å². The van der Waals surface area contributed by atoms with Crippen LogP contribution in [0.1, 0.15) is 11.3 Å². The summed E-state index contributed by atoms with van der Waals surface area (Å²) in [5.74, 6) is -0.0896.